The molecule has 1 aliphatic rings. The molecule has 1 aliphatic carbocycles. The zero-order valence-corrected chi connectivity index (χ0v) is 7.40. The van der Waals surface area contributed by atoms with E-state index in [0.29, 0.717) is 0 Å². The van der Waals surface area contributed by atoms with E-state index in [1.54, 1.807) is 0 Å². The average molecular weight is 156 g/mol. The zero-order valence-electron chi connectivity index (χ0n) is 7.40. The quantitative estimate of drug-likeness (QED) is 0.492. The van der Waals surface area contributed by atoms with Crippen LogP contribution in [0.2, 0.25) is 0 Å². The van der Waals surface area contributed by atoms with Gasteiger partial charge in [0, 0.05) is 0 Å². The van der Waals surface area contributed by atoms with Gasteiger partial charge in [0.2, 0.25) is 0 Å². The van der Waals surface area contributed by atoms with Crippen LogP contribution in [0.25, 0.3) is 0 Å². The van der Waals surface area contributed by atoms with Gasteiger partial charge in [-0.25, -0.2) is 0 Å². The molecule has 0 bridgehead atoms. The smallest absolute Gasteiger partial charge is 0.0443 e. The van der Waals surface area contributed by atoms with E-state index >= 15 is 0 Å². The molecule has 1 rings (SSSR count). The molecule has 0 aromatic rings. The van der Waals surface area contributed by atoms with Crippen molar-refractivity contribution in [3.05, 3.63) is 0 Å². The second-order valence-electron chi connectivity index (χ2n) is 4.07. The summed E-state index contributed by atoms with van der Waals surface area (Å²) in [5.41, 5.74) is 0. The highest BCUT2D eigenvalue weighted by Gasteiger charge is 2.09. The minimum atomic E-state index is 0. The van der Waals surface area contributed by atoms with Gasteiger partial charge in [0.05, 0.1) is 0 Å². The van der Waals surface area contributed by atoms with Gasteiger partial charge in [0.1, 0.15) is 0 Å². The summed E-state index contributed by atoms with van der Waals surface area (Å²) in [5.74, 6) is 2.01. The summed E-state index contributed by atoms with van der Waals surface area (Å²) in [4.78, 5) is 0. The molecular weight excluding hydrogens is 132 g/mol. The molecule has 0 atom stereocenters. The maximum atomic E-state index is 2.40. The monoisotopic (exact) mass is 156 g/mol. The van der Waals surface area contributed by atoms with E-state index < -0.39 is 0 Å². The van der Waals surface area contributed by atoms with Crippen molar-refractivity contribution in [3.63, 3.8) is 0 Å². The summed E-state index contributed by atoms with van der Waals surface area (Å²) in [6.45, 7) is 4.80. The lowest BCUT2D eigenvalue weighted by molar-refractivity contribution is 0.346. The highest BCUT2D eigenvalue weighted by Crippen LogP contribution is 2.24. The molecule has 68 valence electrons. The lowest BCUT2D eigenvalue weighted by Gasteiger charge is -2.18. The predicted octanol–water partition coefficient (Wildman–Crippen LogP) is 4.25. The van der Waals surface area contributed by atoms with Crippen LogP contribution in [0.3, 0.4) is 0 Å². The highest BCUT2D eigenvalue weighted by atomic mass is 14.2. The van der Waals surface area contributed by atoms with Gasteiger partial charge in [-0.15, -0.1) is 0 Å². The van der Waals surface area contributed by atoms with Crippen molar-refractivity contribution in [1.29, 1.82) is 0 Å². The van der Waals surface area contributed by atoms with Gasteiger partial charge >= 0.3 is 0 Å². The molecule has 0 radical (unpaired) electrons. The molecule has 0 aliphatic heterocycles. The standard InChI is InChI=1S/C10H20.CH4/c1-9-5-3-7-10(2)8-4-6-9;/h9-10H,3-8H2,1-2H3;1H4. The van der Waals surface area contributed by atoms with Crippen molar-refractivity contribution in [2.75, 3.05) is 0 Å². The van der Waals surface area contributed by atoms with Crippen LogP contribution in [0.5, 0.6) is 0 Å². The molecule has 0 aromatic carbocycles. The molecule has 0 saturated heterocycles. The fourth-order valence-electron chi connectivity index (χ4n) is 1.92. The summed E-state index contributed by atoms with van der Waals surface area (Å²) in [6.07, 6.45) is 8.86. The molecule has 0 amide bonds. The zero-order chi connectivity index (χ0) is 7.40. The molecule has 0 aromatic heterocycles. The van der Waals surface area contributed by atoms with Gasteiger partial charge in [0.25, 0.3) is 0 Å². The molecule has 0 nitrogen and oxygen atoms in total. The molecule has 1 saturated carbocycles. The first-order valence-electron chi connectivity index (χ1n) is 4.79. The van der Waals surface area contributed by atoms with E-state index in [1.165, 1.54) is 38.5 Å². The Bertz CT molecular complexity index is 66.0. The Hall–Kier alpha value is 0. The van der Waals surface area contributed by atoms with Gasteiger partial charge in [0.15, 0.2) is 0 Å². The van der Waals surface area contributed by atoms with Gasteiger partial charge < -0.3 is 0 Å². The number of rotatable bonds is 0. The maximum absolute atomic E-state index is 2.40. The predicted molar refractivity (Wildman–Crippen MR) is 52.8 cm³/mol. The third kappa shape index (κ3) is 4.44. The molecular formula is C11H24. The van der Waals surface area contributed by atoms with Crippen molar-refractivity contribution in [1.82, 2.24) is 0 Å². The van der Waals surface area contributed by atoms with E-state index in [1.807, 2.05) is 0 Å². The van der Waals surface area contributed by atoms with Crippen LogP contribution in [0.4, 0.5) is 0 Å². The summed E-state index contributed by atoms with van der Waals surface area (Å²) < 4.78 is 0. The van der Waals surface area contributed by atoms with Gasteiger partial charge in [-0.05, 0) is 11.8 Å². The lowest BCUT2D eigenvalue weighted by atomic mass is 9.88. The van der Waals surface area contributed by atoms with Crippen LogP contribution in [0.1, 0.15) is 59.8 Å². The summed E-state index contributed by atoms with van der Waals surface area (Å²) in [6, 6.07) is 0. The van der Waals surface area contributed by atoms with E-state index in [4.69, 9.17) is 0 Å². The molecule has 0 unspecified atom stereocenters. The van der Waals surface area contributed by atoms with Crippen LogP contribution in [0.15, 0.2) is 0 Å². The topological polar surface area (TPSA) is 0 Å². The Balaban J connectivity index is 0.000001000. The van der Waals surface area contributed by atoms with E-state index in [9.17, 15) is 0 Å². The number of hydrogen-bond acceptors (Lipinski definition) is 0. The summed E-state index contributed by atoms with van der Waals surface area (Å²) >= 11 is 0. The minimum Gasteiger partial charge on any atom is -0.0776 e. The van der Waals surface area contributed by atoms with Crippen molar-refractivity contribution < 1.29 is 0 Å². The van der Waals surface area contributed by atoms with Gasteiger partial charge in [-0.1, -0.05) is 59.8 Å². The van der Waals surface area contributed by atoms with Crippen LogP contribution >= 0.6 is 0 Å². The van der Waals surface area contributed by atoms with E-state index in [-0.39, 0.29) is 7.43 Å². The maximum Gasteiger partial charge on any atom is -0.0443 e. The van der Waals surface area contributed by atoms with Crippen LogP contribution in [-0.2, 0) is 0 Å². The summed E-state index contributed by atoms with van der Waals surface area (Å²) in [7, 11) is 0. The third-order valence-electron chi connectivity index (χ3n) is 2.79. The fraction of sp³-hybridized carbons (Fsp3) is 1.00. The van der Waals surface area contributed by atoms with Crippen molar-refractivity contribution in [2.24, 2.45) is 11.8 Å². The second-order valence-corrected chi connectivity index (χ2v) is 4.07. The van der Waals surface area contributed by atoms with Crippen LogP contribution in [-0.4, -0.2) is 0 Å². The summed E-state index contributed by atoms with van der Waals surface area (Å²) in [5, 5.41) is 0. The normalized spacial score (nSPS) is 33.3. The second kappa shape index (κ2) is 5.62. The van der Waals surface area contributed by atoms with Crippen LogP contribution in [0, 0.1) is 11.8 Å². The largest absolute Gasteiger partial charge is 0.0776 e. The molecule has 0 heterocycles. The lowest BCUT2D eigenvalue weighted by Crippen LogP contribution is -2.04. The van der Waals surface area contributed by atoms with Gasteiger partial charge in [-0.3, -0.25) is 0 Å². The average Bonchev–Trinajstić information content (AvgIpc) is 1.84. The van der Waals surface area contributed by atoms with Crippen molar-refractivity contribution in [3.8, 4) is 0 Å². The Morgan fingerprint density at radius 2 is 1.00 bits per heavy atom. The SMILES string of the molecule is C.CC1CCCC(C)CCC1. The first-order valence-corrected chi connectivity index (χ1v) is 4.79. The molecule has 11 heavy (non-hydrogen) atoms. The Morgan fingerprint density at radius 3 is 1.27 bits per heavy atom. The first-order chi connectivity index (χ1) is 4.79. The molecule has 0 spiro atoms. The molecule has 0 N–H and O–H groups in total. The minimum absolute atomic E-state index is 0. The Kier molecular flexibility index (Phi) is 5.62. The molecule has 0 heteroatoms. The van der Waals surface area contributed by atoms with Crippen molar-refractivity contribution >= 4 is 0 Å². The Morgan fingerprint density at radius 1 is 0.727 bits per heavy atom. The fourth-order valence-corrected chi connectivity index (χ4v) is 1.92. The van der Waals surface area contributed by atoms with Gasteiger partial charge in [-0.2, -0.15) is 0 Å². The highest BCUT2D eigenvalue weighted by molar-refractivity contribution is 4.62. The Labute approximate surface area is 72.4 Å². The molecule has 1 fully saturated rings. The number of hydrogen-bond donors (Lipinski definition) is 0. The van der Waals surface area contributed by atoms with Crippen molar-refractivity contribution in [2.45, 2.75) is 59.8 Å². The van der Waals surface area contributed by atoms with E-state index in [0.717, 1.165) is 11.8 Å². The first kappa shape index (κ1) is 11.0. The third-order valence-corrected chi connectivity index (χ3v) is 2.79. The van der Waals surface area contributed by atoms with Crippen LogP contribution < -0.4 is 0 Å². The van der Waals surface area contributed by atoms with E-state index in [2.05, 4.69) is 13.8 Å².